The minimum absolute atomic E-state index is 0.0869. The first-order chi connectivity index (χ1) is 16.0. The van der Waals surface area contributed by atoms with Gasteiger partial charge in [0, 0.05) is 26.8 Å². The van der Waals surface area contributed by atoms with Gasteiger partial charge in [-0.25, -0.2) is 9.59 Å². The summed E-state index contributed by atoms with van der Waals surface area (Å²) >= 11 is 0. The minimum Gasteiger partial charge on any atom is -0.508 e. The molecule has 1 N–H and O–H groups in total. The summed E-state index contributed by atoms with van der Waals surface area (Å²) in [5, 5.41) is 9.95. The molecule has 0 bridgehead atoms. The van der Waals surface area contributed by atoms with E-state index < -0.39 is 60.6 Å². The van der Waals surface area contributed by atoms with Gasteiger partial charge >= 0.3 is 29.8 Å². The normalized spacial score (nSPS) is 23.7. The molecule has 186 valence electrons. The number of carbonyl (C=O) groups is 5. The fraction of sp³-hybridized carbons (Fsp3) is 0.476. The average molecular weight is 484 g/mol. The van der Waals surface area contributed by atoms with Crippen LogP contribution in [0, 0.1) is 0 Å². The Kier molecular flexibility index (Phi) is 8.78. The van der Waals surface area contributed by atoms with E-state index in [1.807, 2.05) is 0 Å². The van der Waals surface area contributed by atoms with Crippen molar-refractivity contribution in [3.05, 3.63) is 23.8 Å². The molecule has 5 atom stereocenters. The lowest BCUT2D eigenvalue weighted by Crippen LogP contribution is -2.64. The highest BCUT2D eigenvalue weighted by molar-refractivity contribution is 5.90. The van der Waals surface area contributed by atoms with E-state index >= 15 is 0 Å². The monoisotopic (exact) mass is 484 g/mol. The second-order valence-electron chi connectivity index (χ2n) is 7.00. The van der Waals surface area contributed by atoms with E-state index in [1.54, 1.807) is 0 Å². The van der Waals surface area contributed by atoms with Crippen LogP contribution in [-0.2, 0) is 47.6 Å². The Morgan fingerprint density at radius 1 is 0.794 bits per heavy atom. The standard InChI is InChI=1S/C21H24O13/c1-9(22)30-15-16(31-10(2)23)18(32-11(3)24)21(34-17(15)20(27)29-5)33-14-7-12(19(26)28-4)6-13(25)8-14/h6-8,15-18,21,25H,1-5H3/t15-,16?,17?,18?,21-/m1/s1. The van der Waals surface area contributed by atoms with Gasteiger partial charge in [-0.05, 0) is 12.1 Å². The zero-order chi connectivity index (χ0) is 25.6. The number of phenols is 1. The first-order valence-corrected chi connectivity index (χ1v) is 9.80. The Morgan fingerprint density at radius 3 is 1.88 bits per heavy atom. The number of hydrogen-bond donors (Lipinski definition) is 1. The van der Waals surface area contributed by atoms with Crippen LogP contribution in [0.2, 0.25) is 0 Å². The second-order valence-corrected chi connectivity index (χ2v) is 7.00. The summed E-state index contributed by atoms with van der Waals surface area (Å²) in [6.45, 7) is 3.15. The molecule has 0 aliphatic carbocycles. The highest BCUT2D eigenvalue weighted by atomic mass is 16.7. The molecule has 0 saturated carbocycles. The van der Waals surface area contributed by atoms with Crippen molar-refractivity contribution in [3.63, 3.8) is 0 Å². The number of benzene rings is 1. The summed E-state index contributed by atoms with van der Waals surface area (Å²) in [6.07, 6.45) is -7.96. The Morgan fingerprint density at radius 2 is 1.35 bits per heavy atom. The quantitative estimate of drug-likeness (QED) is 0.413. The van der Waals surface area contributed by atoms with Crippen LogP contribution in [-0.4, -0.2) is 79.9 Å². The lowest BCUT2D eigenvalue weighted by atomic mass is 9.97. The van der Waals surface area contributed by atoms with Crippen LogP contribution in [0.25, 0.3) is 0 Å². The highest BCUT2D eigenvalue weighted by Crippen LogP contribution is 2.32. The molecular formula is C21H24O13. The molecule has 0 spiro atoms. The summed E-state index contributed by atoms with van der Waals surface area (Å²) < 4.78 is 36.2. The third kappa shape index (κ3) is 6.57. The molecule has 1 fully saturated rings. The fourth-order valence-electron chi connectivity index (χ4n) is 3.20. The molecule has 1 aliphatic rings. The lowest BCUT2D eigenvalue weighted by molar-refractivity contribution is -0.282. The number of hydrogen-bond acceptors (Lipinski definition) is 13. The molecule has 1 aliphatic heterocycles. The van der Waals surface area contributed by atoms with Crippen molar-refractivity contribution in [2.75, 3.05) is 14.2 Å². The zero-order valence-electron chi connectivity index (χ0n) is 19.0. The van der Waals surface area contributed by atoms with Crippen molar-refractivity contribution in [3.8, 4) is 11.5 Å². The van der Waals surface area contributed by atoms with Crippen LogP contribution >= 0.6 is 0 Å². The largest absolute Gasteiger partial charge is 0.508 e. The van der Waals surface area contributed by atoms with Crippen LogP contribution in [0.15, 0.2) is 18.2 Å². The number of ether oxygens (including phenoxy) is 7. The predicted molar refractivity (Wildman–Crippen MR) is 107 cm³/mol. The van der Waals surface area contributed by atoms with Gasteiger partial charge in [0.2, 0.25) is 12.4 Å². The van der Waals surface area contributed by atoms with Gasteiger partial charge in [-0.1, -0.05) is 0 Å². The molecule has 1 saturated heterocycles. The maximum atomic E-state index is 12.4. The molecular weight excluding hydrogens is 460 g/mol. The number of methoxy groups -OCH3 is 2. The third-order valence-electron chi connectivity index (χ3n) is 4.40. The molecule has 0 radical (unpaired) electrons. The van der Waals surface area contributed by atoms with Crippen LogP contribution in [0.5, 0.6) is 11.5 Å². The molecule has 13 nitrogen and oxygen atoms in total. The Labute approximate surface area is 193 Å². The molecule has 34 heavy (non-hydrogen) atoms. The van der Waals surface area contributed by atoms with Gasteiger partial charge in [-0.3, -0.25) is 14.4 Å². The van der Waals surface area contributed by atoms with Crippen LogP contribution < -0.4 is 4.74 Å². The number of phenolic OH excluding ortho intramolecular Hbond substituents is 1. The Bertz CT molecular complexity index is 956. The van der Waals surface area contributed by atoms with E-state index in [0.29, 0.717) is 0 Å². The van der Waals surface area contributed by atoms with Gasteiger partial charge in [0.25, 0.3) is 0 Å². The van der Waals surface area contributed by atoms with E-state index in [1.165, 1.54) is 6.07 Å². The highest BCUT2D eigenvalue weighted by Gasteiger charge is 2.55. The van der Waals surface area contributed by atoms with Crippen molar-refractivity contribution in [2.24, 2.45) is 0 Å². The van der Waals surface area contributed by atoms with Gasteiger partial charge in [0.05, 0.1) is 19.8 Å². The molecule has 13 heteroatoms. The molecule has 0 amide bonds. The molecule has 1 heterocycles. The van der Waals surface area contributed by atoms with E-state index in [0.717, 1.165) is 47.1 Å². The van der Waals surface area contributed by atoms with E-state index in [2.05, 4.69) is 4.74 Å². The van der Waals surface area contributed by atoms with Gasteiger partial charge in [0.15, 0.2) is 18.3 Å². The maximum Gasteiger partial charge on any atom is 0.339 e. The predicted octanol–water partition coefficient (Wildman–Crippen LogP) is 0.251. The third-order valence-corrected chi connectivity index (χ3v) is 4.40. The van der Waals surface area contributed by atoms with Gasteiger partial charge in [0.1, 0.15) is 11.5 Å². The SMILES string of the molecule is COC(=O)c1cc(O)cc(O[C@@H]2OC(C(=O)OC)[C@H](OC(C)=O)C(OC(C)=O)C2OC(C)=O)c1. The topological polar surface area (TPSA) is 170 Å². The molecule has 3 unspecified atom stereocenters. The zero-order valence-corrected chi connectivity index (χ0v) is 19.0. The fourth-order valence-corrected chi connectivity index (χ4v) is 3.20. The smallest absolute Gasteiger partial charge is 0.339 e. The molecule has 1 aromatic carbocycles. The number of rotatable bonds is 7. The number of esters is 5. The summed E-state index contributed by atoms with van der Waals surface area (Å²) in [4.78, 5) is 59.6. The molecule has 0 aromatic heterocycles. The van der Waals surface area contributed by atoms with E-state index in [-0.39, 0.29) is 17.1 Å². The summed E-state index contributed by atoms with van der Waals surface area (Å²) in [7, 11) is 2.18. The van der Waals surface area contributed by atoms with Crippen molar-refractivity contribution in [1.29, 1.82) is 0 Å². The van der Waals surface area contributed by atoms with Crippen molar-refractivity contribution < 1.29 is 62.2 Å². The van der Waals surface area contributed by atoms with Crippen molar-refractivity contribution in [2.45, 2.75) is 51.5 Å². The van der Waals surface area contributed by atoms with Crippen LogP contribution in [0.3, 0.4) is 0 Å². The molecule has 1 aromatic rings. The first-order valence-electron chi connectivity index (χ1n) is 9.80. The van der Waals surface area contributed by atoms with Gasteiger partial charge in [-0.2, -0.15) is 0 Å². The summed E-state index contributed by atoms with van der Waals surface area (Å²) in [6, 6.07) is 3.40. The van der Waals surface area contributed by atoms with Gasteiger partial charge in [-0.15, -0.1) is 0 Å². The molecule has 2 rings (SSSR count). The van der Waals surface area contributed by atoms with E-state index in [4.69, 9.17) is 28.4 Å². The number of aromatic hydroxyl groups is 1. The average Bonchev–Trinajstić information content (AvgIpc) is 2.75. The van der Waals surface area contributed by atoms with Crippen LogP contribution in [0.4, 0.5) is 0 Å². The van der Waals surface area contributed by atoms with Crippen LogP contribution in [0.1, 0.15) is 31.1 Å². The first kappa shape index (κ1) is 26.4. The Hall–Kier alpha value is -3.87. The minimum atomic E-state index is -1.66. The van der Waals surface area contributed by atoms with Crippen molar-refractivity contribution in [1.82, 2.24) is 0 Å². The van der Waals surface area contributed by atoms with E-state index in [9.17, 15) is 29.1 Å². The second kappa shape index (κ2) is 11.3. The van der Waals surface area contributed by atoms with Gasteiger partial charge < -0.3 is 38.3 Å². The Balaban J connectivity index is 2.55. The lowest BCUT2D eigenvalue weighted by Gasteiger charge is -2.43. The number of carbonyl (C=O) groups excluding carboxylic acids is 5. The maximum absolute atomic E-state index is 12.4. The van der Waals surface area contributed by atoms with Crippen molar-refractivity contribution >= 4 is 29.8 Å². The summed E-state index contributed by atoms with van der Waals surface area (Å²) in [5.74, 6) is -4.88. The summed E-state index contributed by atoms with van der Waals surface area (Å²) in [5.41, 5.74) is -0.0869.